The van der Waals surface area contributed by atoms with E-state index in [1.807, 2.05) is 6.92 Å². The molecule has 158 valence electrons. The molecule has 1 aliphatic carbocycles. The van der Waals surface area contributed by atoms with E-state index in [9.17, 15) is 13.9 Å². The summed E-state index contributed by atoms with van der Waals surface area (Å²) in [5, 5.41) is 10.6. The summed E-state index contributed by atoms with van der Waals surface area (Å²) in [5.74, 6) is 3.71. The highest BCUT2D eigenvalue weighted by molar-refractivity contribution is 7.15. The Bertz CT molecular complexity index is 1100. The molecule has 1 aliphatic rings. The summed E-state index contributed by atoms with van der Waals surface area (Å²) in [5.41, 5.74) is 7.76. The number of anilines is 2. The second kappa shape index (κ2) is 7.88. The molecular weight excluding hydrogens is 412 g/mol. The standard InChI is InChI=1S/C20H21F2N5O2S/c1-10-19(30-15(25-10)8-29-9-20(28)5-6-20)14-4-2-3-13(26-14)11-7-12(21)17(23)18(27-24)16(11)22/h2-4,7,27-28H,5-6,8-9,23-24H2,1H3. The van der Waals surface area contributed by atoms with Gasteiger partial charge in [-0.05, 0) is 38.0 Å². The van der Waals surface area contributed by atoms with Crippen molar-refractivity contribution in [3.8, 4) is 21.8 Å². The largest absolute Gasteiger partial charge is 0.395 e. The average Bonchev–Trinajstić information content (AvgIpc) is 3.34. The maximum absolute atomic E-state index is 14.8. The smallest absolute Gasteiger partial charge is 0.159 e. The monoisotopic (exact) mass is 433 g/mol. The van der Waals surface area contributed by atoms with E-state index in [4.69, 9.17) is 16.3 Å². The Balaban J connectivity index is 1.62. The van der Waals surface area contributed by atoms with Gasteiger partial charge in [-0.15, -0.1) is 11.3 Å². The molecule has 10 heteroatoms. The van der Waals surface area contributed by atoms with Crippen LogP contribution in [0.25, 0.3) is 21.8 Å². The van der Waals surface area contributed by atoms with Crippen molar-refractivity contribution < 1.29 is 18.6 Å². The molecular formula is C20H21F2N5O2S. The lowest BCUT2D eigenvalue weighted by molar-refractivity contribution is 0.0130. The second-order valence-corrected chi connectivity index (χ2v) is 8.38. The molecule has 1 fully saturated rings. The fourth-order valence-electron chi connectivity index (χ4n) is 3.05. The minimum atomic E-state index is -0.794. The van der Waals surface area contributed by atoms with Gasteiger partial charge in [0.25, 0.3) is 0 Å². The van der Waals surface area contributed by atoms with Gasteiger partial charge in [0, 0.05) is 5.56 Å². The minimum Gasteiger partial charge on any atom is -0.395 e. The van der Waals surface area contributed by atoms with E-state index in [0.717, 1.165) is 34.5 Å². The molecule has 0 amide bonds. The highest BCUT2D eigenvalue weighted by Gasteiger charge is 2.40. The first kappa shape index (κ1) is 20.6. The Morgan fingerprint density at radius 3 is 2.70 bits per heavy atom. The molecule has 3 aromatic rings. The van der Waals surface area contributed by atoms with Crippen LogP contribution >= 0.6 is 11.3 Å². The van der Waals surface area contributed by atoms with Gasteiger partial charge in [-0.3, -0.25) is 5.84 Å². The Kier molecular flexibility index (Phi) is 5.41. The third kappa shape index (κ3) is 3.99. The number of nitrogen functional groups attached to an aromatic ring is 2. The van der Waals surface area contributed by atoms with Crippen molar-refractivity contribution in [3.05, 3.63) is 46.6 Å². The van der Waals surface area contributed by atoms with E-state index < -0.39 is 22.9 Å². The normalized spacial score (nSPS) is 14.7. The molecule has 1 saturated carbocycles. The van der Waals surface area contributed by atoms with Crippen molar-refractivity contribution in [1.29, 1.82) is 0 Å². The van der Waals surface area contributed by atoms with Gasteiger partial charge in [0.1, 0.15) is 16.5 Å². The summed E-state index contributed by atoms with van der Waals surface area (Å²) in [6, 6.07) is 6.06. The minimum absolute atomic E-state index is 0.0556. The predicted octanol–water partition coefficient (Wildman–Crippen LogP) is 3.37. The van der Waals surface area contributed by atoms with Gasteiger partial charge < -0.3 is 21.0 Å². The number of ether oxygens (including phenoxy) is 1. The van der Waals surface area contributed by atoms with Gasteiger partial charge in [-0.1, -0.05) is 6.07 Å². The molecule has 1 aromatic carbocycles. The van der Waals surface area contributed by atoms with Gasteiger partial charge in [-0.2, -0.15) is 0 Å². The van der Waals surface area contributed by atoms with Crippen molar-refractivity contribution in [2.45, 2.75) is 32.0 Å². The Labute approximate surface area is 175 Å². The van der Waals surface area contributed by atoms with Crippen LogP contribution in [-0.4, -0.2) is 27.3 Å². The molecule has 0 spiro atoms. The molecule has 0 radical (unpaired) electrons. The summed E-state index contributed by atoms with van der Waals surface area (Å²) in [6.45, 7) is 2.42. The van der Waals surface area contributed by atoms with Crippen LogP contribution in [-0.2, 0) is 11.3 Å². The Morgan fingerprint density at radius 2 is 2.00 bits per heavy atom. The van der Waals surface area contributed by atoms with Crippen LogP contribution in [0.1, 0.15) is 23.5 Å². The predicted molar refractivity (Wildman–Crippen MR) is 111 cm³/mol. The SMILES string of the molecule is Cc1nc(COCC2(O)CC2)sc1-c1cccc(-c2cc(F)c(N)c(NN)c2F)n1. The third-order valence-corrected chi connectivity index (χ3v) is 6.07. The van der Waals surface area contributed by atoms with E-state index in [1.54, 1.807) is 18.2 Å². The number of nitrogens with two attached hydrogens (primary N) is 2. The lowest BCUT2D eigenvalue weighted by atomic mass is 10.1. The second-order valence-electron chi connectivity index (χ2n) is 7.30. The first-order chi connectivity index (χ1) is 14.3. The number of hydrazine groups is 1. The molecule has 0 unspecified atom stereocenters. The van der Waals surface area contributed by atoms with Crippen LogP contribution in [0.3, 0.4) is 0 Å². The lowest BCUT2D eigenvalue weighted by Crippen LogP contribution is -2.15. The molecule has 2 heterocycles. The highest BCUT2D eigenvalue weighted by atomic mass is 32.1. The number of hydrogen-bond acceptors (Lipinski definition) is 8. The van der Waals surface area contributed by atoms with Crippen LogP contribution in [0.2, 0.25) is 0 Å². The van der Waals surface area contributed by atoms with Crippen LogP contribution in [0.15, 0.2) is 24.3 Å². The van der Waals surface area contributed by atoms with Gasteiger partial charge in [0.2, 0.25) is 0 Å². The highest BCUT2D eigenvalue weighted by Crippen LogP contribution is 2.37. The summed E-state index contributed by atoms with van der Waals surface area (Å²) < 4.78 is 34.5. The quantitative estimate of drug-likeness (QED) is 0.256. The molecule has 0 bridgehead atoms. The van der Waals surface area contributed by atoms with E-state index in [2.05, 4.69) is 15.4 Å². The number of nitrogens with one attached hydrogen (secondary N) is 1. The van der Waals surface area contributed by atoms with E-state index >= 15 is 0 Å². The maximum Gasteiger partial charge on any atom is 0.159 e. The first-order valence-corrected chi connectivity index (χ1v) is 10.1. The molecule has 0 aliphatic heterocycles. The Hall–Kier alpha value is -2.66. The fourth-order valence-corrected chi connectivity index (χ4v) is 4.02. The third-order valence-electron chi connectivity index (χ3n) is 4.92. The number of aromatic nitrogens is 2. The summed E-state index contributed by atoms with van der Waals surface area (Å²) in [4.78, 5) is 9.79. The molecule has 0 saturated heterocycles. The summed E-state index contributed by atoms with van der Waals surface area (Å²) in [6.07, 6.45) is 1.52. The fraction of sp³-hybridized carbons (Fsp3) is 0.300. The number of halogens is 2. The average molecular weight is 433 g/mol. The summed E-state index contributed by atoms with van der Waals surface area (Å²) in [7, 11) is 0. The van der Waals surface area contributed by atoms with Crippen molar-refractivity contribution in [3.63, 3.8) is 0 Å². The maximum atomic E-state index is 14.8. The summed E-state index contributed by atoms with van der Waals surface area (Å²) >= 11 is 1.40. The van der Waals surface area contributed by atoms with Crippen LogP contribution in [0.5, 0.6) is 0 Å². The van der Waals surface area contributed by atoms with Crippen LogP contribution in [0.4, 0.5) is 20.2 Å². The number of nitrogens with zero attached hydrogens (tertiary/aromatic N) is 2. The first-order valence-electron chi connectivity index (χ1n) is 9.29. The zero-order chi connectivity index (χ0) is 21.5. The number of aryl methyl sites for hydroxylation is 1. The topological polar surface area (TPSA) is 119 Å². The van der Waals surface area contributed by atoms with E-state index in [-0.39, 0.29) is 30.2 Å². The molecule has 2 aromatic heterocycles. The Morgan fingerprint density at radius 1 is 1.27 bits per heavy atom. The number of pyridine rings is 1. The molecule has 0 atom stereocenters. The number of benzene rings is 1. The number of aliphatic hydroxyl groups is 1. The number of rotatable bonds is 7. The van der Waals surface area contributed by atoms with Gasteiger partial charge in [0.15, 0.2) is 5.82 Å². The number of hydrogen-bond donors (Lipinski definition) is 4. The molecule has 7 nitrogen and oxygen atoms in total. The van der Waals surface area contributed by atoms with Crippen molar-refractivity contribution in [1.82, 2.24) is 9.97 Å². The molecule has 30 heavy (non-hydrogen) atoms. The van der Waals surface area contributed by atoms with Crippen LogP contribution < -0.4 is 17.0 Å². The zero-order valence-corrected chi connectivity index (χ0v) is 17.0. The molecule has 6 N–H and O–H groups in total. The van der Waals surface area contributed by atoms with Crippen molar-refractivity contribution in [2.75, 3.05) is 17.8 Å². The van der Waals surface area contributed by atoms with Crippen molar-refractivity contribution in [2.24, 2.45) is 5.84 Å². The van der Waals surface area contributed by atoms with Gasteiger partial charge in [-0.25, -0.2) is 18.7 Å². The zero-order valence-electron chi connectivity index (χ0n) is 16.2. The van der Waals surface area contributed by atoms with Gasteiger partial charge in [0.05, 0.1) is 46.5 Å². The molecule has 4 rings (SSSR count). The lowest BCUT2D eigenvalue weighted by Gasteiger charge is -2.12. The van der Waals surface area contributed by atoms with E-state index in [0.29, 0.717) is 5.69 Å². The van der Waals surface area contributed by atoms with Crippen molar-refractivity contribution >= 4 is 22.7 Å². The number of thiazole rings is 1. The van der Waals surface area contributed by atoms with E-state index in [1.165, 1.54) is 11.3 Å². The van der Waals surface area contributed by atoms with Crippen LogP contribution in [0, 0.1) is 18.6 Å². The van der Waals surface area contributed by atoms with Gasteiger partial charge >= 0.3 is 0 Å².